The summed E-state index contributed by atoms with van der Waals surface area (Å²) in [6.07, 6.45) is 1.81. The van der Waals surface area contributed by atoms with Gasteiger partial charge in [0, 0.05) is 23.8 Å². The van der Waals surface area contributed by atoms with E-state index in [2.05, 4.69) is 11.7 Å². The van der Waals surface area contributed by atoms with E-state index in [1.807, 2.05) is 27.7 Å². The van der Waals surface area contributed by atoms with Gasteiger partial charge in [0.05, 0.1) is 12.3 Å². The number of Topliss-reactive ketones (excluding diaryl/α,β-unsaturated/α-hetero) is 1. The number of aliphatic hydroxyl groups is 1. The van der Waals surface area contributed by atoms with Crippen molar-refractivity contribution in [2.24, 2.45) is 39.1 Å². The number of aliphatic hydroxyl groups excluding tert-OH is 1. The molecule has 3 aliphatic carbocycles. The van der Waals surface area contributed by atoms with Crippen LogP contribution in [0.5, 0.6) is 5.75 Å². The molecule has 216 valence electrons. The minimum Gasteiger partial charge on any atom is -0.482 e. The molecule has 1 heterocycles. The van der Waals surface area contributed by atoms with Crippen LogP contribution in [0.25, 0.3) is 0 Å². The van der Waals surface area contributed by atoms with Crippen LogP contribution in [-0.4, -0.2) is 72.1 Å². The summed E-state index contributed by atoms with van der Waals surface area (Å²) in [5.41, 5.74) is -1.01. The number of benzene rings is 1. The van der Waals surface area contributed by atoms with Crippen molar-refractivity contribution in [3.63, 3.8) is 0 Å². The monoisotopic (exact) mass is 554 g/mol. The average Bonchev–Trinajstić information content (AvgIpc) is 3.21. The highest BCUT2D eigenvalue weighted by molar-refractivity contribution is 6.65. The van der Waals surface area contributed by atoms with Crippen LogP contribution in [0.15, 0.2) is 36.0 Å². The minimum atomic E-state index is -1.60. The van der Waals surface area contributed by atoms with E-state index >= 15 is 4.39 Å². The molecule has 2 N–H and O–H groups in total. The van der Waals surface area contributed by atoms with Gasteiger partial charge in [0.25, 0.3) is 0 Å². The summed E-state index contributed by atoms with van der Waals surface area (Å²) in [6.45, 7) is 11.4. The number of ketones is 1. The molecule has 1 aliphatic heterocycles. The van der Waals surface area contributed by atoms with Gasteiger partial charge >= 0.3 is 13.0 Å². The molecule has 0 saturated heterocycles. The van der Waals surface area contributed by atoms with Crippen molar-refractivity contribution >= 4 is 30.5 Å². The zero-order valence-electron chi connectivity index (χ0n) is 24.0. The van der Waals surface area contributed by atoms with Gasteiger partial charge in [-0.15, -0.1) is 6.58 Å². The average molecular weight is 554 g/mol. The number of alkyl halides is 1. The Morgan fingerprint density at radius 3 is 2.75 bits per heavy atom. The van der Waals surface area contributed by atoms with Crippen molar-refractivity contribution in [1.82, 2.24) is 4.92 Å². The normalized spacial score (nSPS) is 40.5. The number of ether oxygens (including phenoxy) is 2. The molecule has 10 heteroatoms. The fourth-order valence-corrected chi connectivity index (χ4v) is 8.18. The molecule has 1 aromatic carbocycles. The van der Waals surface area contributed by atoms with E-state index in [4.69, 9.17) is 9.47 Å². The smallest absolute Gasteiger partial charge is 0.466 e. The number of carbonyl (C=O) groups is 2. The summed E-state index contributed by atoms with van der Waals surface area (Å²) in [5, 5.41) is 26.2. The number of esters is 1. The first kappa shape index (κ1) is 28.8. The lowest BCUT2D eigenvalue weighted by atomic mass is 9.44. The van der Waals surface area contributed by atoms with Gasteiger partial charge in [-0.2, -0.15) is 5.10 Å². The van der Waals surface area contributed by atoms with Crippen molar-refractivity contribution in [3.05, 3.63) is 36.4 Å². The van der Waals surface area contributed by atoms with E-state index in [1.54, 1.807) is 37.5 Å². The topological polar surface area (TPSA) is 109 Å². The standard InChI is InChI=1S/C30H40BFN2O6/c1-7-28(4)14-23(40-24(35)16-39-20-9-8-19-15-33-34(6)31(38)21(19)12-20)29(5)17(2)10-11-30(18(3)27(28)37)13-22(32)25(36)26(29)30/h7-9,12,15,17-18,22-23,26-27,37-38H,1,10-11,13-14,16H2,2-6H3/t17-,18-,22-,23+,26-,27-,28+,29-,30-/m0/s1. The number of hydrazone groups is 1. The number of rotatable bonds is 5. The first-order valence-corrected chi connectivity index (χ1v) is 14.2. The second kappa shape index (κ2) is 9.98. The highest BCUT2D eigenvalue weighted by atomic mass is 19.1. The van der Waals surface area contributed by atoms with Gasteiger partial charge in [-0.3, -0.25) is 4.79 Å². The Balaban J connectivity index is 1.44. The zero-order valence-corrected chi connectivity index (χ0v) is 24.0. The number of hydrogen-bond donors (Lipinski definition) is 2. The number of nitrogens with zero attached hydrogens (tertiary/aromatic N) is 2. The molecule has 2 bridgehead atoms. The summed E-state index contributed by atoms with van der Waals surface area (Å²) >= 11 is 0. The molecule has 0 spiro atoms. The van der Waals surface area contributed by atoms with Gasteiger partial charge < -0.3 is 24.5 Å². The van der Waals surface area contributed by atoms with Crippen LogP contribution in [0.3, 0.4) is 0 Å². The fourth-order valence-electron chi connectivity index (χ4n) is 8.18. The van der Waals surface area contributed by atoms with Crippen LogP contribution in [0.4, 0.5) is 4.39 Å². The van der Waals surface area contributed by atoms with Crippen LogP contribution in [-0.2, 0) is 14.3 Å². The van der Waals surface area contributed by atoms with Crippen molar-refractivity contribution in [2.75, 3.05) is 13.7 Å². The molecular formula is C30H40BFN2O6. The van der Waals surface area contributed by atoms with Crippen molar-refractivity contribution in [3.8, 4) is 5.75 Å². The number of halogens is 1. The molecule has 40 heavy (non-hydrogen) atoms. The Morgan fingerprint density at radius 2 is 2.05 bits per heavy atom. The Morgan fingerprint density at radius 1 is 1.32 bits per heavy atom. The van der Waals surface area contributed by atoms with Gasteiger partial charge in [0.2, 0.25) is 0 Å². The summed E-state index contributed by atoms with van der Waals surface area (Å²) in [4.78, 5) is 28.2. The SMILES string of the molecule is C=C[C@]1(C)C[C@@H](OC(=O)COc2ccc3c(c2)B(O)N(C)N=C3)[C@@]2(C)[C@@H]3C(=O)[C@@H](F)C[C@@]3(CC[C@@H]2C)[C@@H](C)[C@@H]1O. The van der Waals surface area contributed by atoms with Gasteiger partial charge in [0.1, 0.15) is 11.9 Å². The molecule has 9 atom stereocenters. The first-order chi connectivity index (χ1) is 18.8. The molecule has 0 radical (unpaired) electrons. The maximum absolute atomic E-state index is 15.3. The molecule has 0 amide bonds. The van der Waals surface area contributed by atoms with Crippen LogP contribution in [0.1, 0.15) is 58.9 Å². The Labute approximate surface area is 235 Å². The fraction of sp³-hybridized carbons (Fsp3) is 0.633. The number of hydrogen-bond acceptors (Lipinski definition) is 8. The van der Waals surface area contributed by atoms with Gasteiger partial charge in [0.15, 0.2) is 18.6 Å². The predicted octanol–water partition coefficient (Wildman–Crippen LogP) is 2.89. The number of fused-ring (bicyclic) bond motifs is 1. The second-order valence-corrected chi connectivity index (χ2v) is 12.9. The van der Waals surface area contributed by atoms with Gasteiger partial charge in [-0.25, -0.2) is 9.18 Å². The van der Waals surface area contributed by atoms with E-state index in [0.717, 1.165) is 12.0 Å². The summed E-state index contributed by atoms with van der Waals surface area (Å²) in [6, 6.07) is 5.11. The van der Waals surface area contributed by atoms with Crippen LogP contribution >= 0.6 is 0 Å². The Kier molecular flexibility index (Phi) is 7.18. The largest absolute Gasteiger partial charge is 0.482 e. The molecule has 0 unspecified atom stereocenters. The van der Waals surface area contributed by atoms with E-state index in [9.17, 15) is 19.7 Å². The van der Waals surface area contributed by atoms with Crippen molar-refractivity contribution < 1.29 is 33.6 Å². The number of carbonyl (C=O) groups excluding carboxylic acids is 2. The highest BCUT2D eigenvalue weighted by Crippen LogP contribution is 2.68. The molecule has 4 aliphatic rings. The summed E-state index contributed by atoms with van der Waals surface area (Å²) in [5.74, 6) is -1.69. The van der Waals surface area contributed by atoms with Gasteiger partial charge in [-0.1, -0.05) is 39.8 Å². The third-order valence-electron chi connectivity index (χ3n) is 11.0. The van der Waals surface area contributed by atoms with Crippen molar-refractivity contribution in [1.29, 1.82) is 0 Å². The van der Waals surface area contributed by atoms with E-state index in [1.165, 1.54) is 4.92 Å². The molecule has 5 rings (SSSR count). The quantitative estimate of drug-likeness (QED) is 0.328. The van der Waals surface area contributed by atoms with Crippen molar-refractivity contribution in [2.45, 2.75) is 71.8 Å². The van der Waals surface area contributed by atoms with E-state index in [-0.39, 0.29) is 31.3 Å². The maximum Gasteiger partial charge on any atom is 0.466 e. The van der Waals surface area contributed by atoms with Gasteiger partial charge in [-0.05, 0) is 66.1 Å². The summed E-state index contributed by atoms with van der Waals surface area (Å²) < 4.78 is 27.2. The zero-order chi connectivity index (χ0) is 29.2. The summed E-state index contributed by atoms with van der Waals surface area (Å²) in [7, 11) is 0.715. The Hall–Kier alpha value is -2.72. The highest BCUT2D eigenvalue weighted by Gasteiger charge is 2.70. The third-order valence-corrected chi connectivity index (χ3v) is 11.0. The third kappa shape index (κ3) is 4.21. The molecule has 1 aromatic rings. The minimum absolute atomic E-state index is 0.0177. The predicted molar refractivity (Wildman–Crippen MR) is 150 cm³/mol. The van der Waals surface area contributed by atoms with Crippen LogP contribution in [0, 0.1) is 34.0 Å². The van der Waals surface area contributed by atoms with E-state index < -0.39 is 59.3 Å². The lowest BCUT2D eigenvalue weighted by Gasteiger charge is -2.61. The lowest BCUT2D eigenvalue weighted by Crippen LogP contribution is -2.63. The molecule has 0 aromatic heterocycles. The van der Waals surface area contributed by atoms with E-state index in [0.29, 0.717) is 17.6 Å². The molecule has 3 saturated carbocycles. The molecule has 8 nitrogen and oxygen atoms in total. The first-order valence-electron chi connectivity index (χ1n) is 14.2. The second-order valence-electron chi connectivity index (χ2n) is 12.9. The Bertz CT molecular complexity index is 1240. The lowest BCUT2D eigenvalue weighted by molar-refractivity contribution is -0.207. The maximum atomic E-state index is 15.3. The molecular weight excluding hydrogens is 514 g/mol. The molecule has 3 fully saturated rings. The van der Waals surface area contributed by atoms with Crippen LogP contribution in [0.2, 0.25) is 0 Å². The van der Waals surface area contributed by atoms with Crippen LogP contribution < -0.4 is 10.2 Å².